The molecule has 0 amide bonds. The second kappa shape index (κ2) is 5.50. The summed E-state index contributed by atoms with van der Waals surface area (Å²) in [6.07, 6.45) is -2.92. The molecule has 3 nitrogen and oxygen atoms in total. The molecule has 0 aliphatic rings. The van der Waals surface area contributed by atoms with E-state index in [-0.39, 0.29) is 5.56 Å². The number of hydrogen-bond acceptors (Lipinski definition) is 3. The molecule has 1 N–H and O–H groups in total. The van der Waals surface area contributed by atoms with Gasteiger partial charge >= 0.3 is 6.18 Å². The summed E-state index contributed by atoms with van der Waals surface area (Å²) in [6.45, 7) is -0.503. The molecule has 106 valence electrons. The van der Waals surface area contributed by atoms with E-state index < -0.39 is 18.3 Å². The van der Waals surface area contributed by atoms with E-state index in [1.807, 2.05) is 0 Å². The summed E-state index contributed by atoms with van der Waals surface area (Å²) in [5.41, 5.74) is 0.373. The van der Waals surface area contributed by atoms with Gasteiger partial charge in [-0.2, -0.15) is 13.2 Å². The lowest BCUT2D eigenvalue weighted by atomic mass is 9.98. The predicted octanol–water partition coefficient (Wildman–Crippen LogP) is 3.27. The van der Waals surface area contributed by atoms with E-state index in [9.17, 15) is 18.3 Å². The minimum atomic E-state index is -4.44. The van der Waals surface area contributed by atoms with Gasteiger partial charge < -0.3 is 9.84 Å². The Morgan fingerprint density at radius 1 is 1.20 bits per heavy atom. The van der Waals surface area contributed by atoms with Crippen LogP contribution in [0.3, 0.4) is 0 Å². The molecular formula is C14H12F3NO2. The van der Waals surface area contributed by atoms with Gasteiger partial charge in [-0.25, -0.2) is 4.98 Å². The zero-order valence-electron chi connectivity index (χ0n) is 10.6. The number of hydrogen-bond donors (Lipinski definition) is 1. The van der Waals surface area contributed by atoms with E-state index in [1.54, 1.807) is 12.1 Å². The third kappa shape index (κ3) is 2.75. The Hall–Kier alpha value is -2.08. The van der Waals surface area contributed by atoms with E-state index in [4.69, 9.17) is 4.74 Å². The van der Waals surface area contributed by atoms with Crippen LogP contribution >= 0.6 is 0 Å². The number of aliphatic hydroxyl groups excluding tert-OH is 1. The fourth-order valence-electron chi connectivity index (χ4n) is 1.92. The maximum atomic E-state index is 12.7. The molecule has 20 heavy (non-hydrogen) atoms. The van der Waals surface area contributed by atoms with E-state index in [0.717, 1.165) is 12.1 Å². The highest BCUT2D eigenvalue weighted by Gasteiger charge is 2.31. The van der Waals surface area contributed by atoms with Gasteiger partial charge in [0.15, 0.2) is 0 Å². The molecule has 1 aromatic carbocycles. The van der Waals surface area contributed by atoms with Gasteiger partial charge in [0.25, 0.3) is 0 Å². The van der Waals surface area contributed by atoms with Gasteiger partial charge in [0.2, 0.25) is 5.88 Å². The Morgan fingerprint density at radius 3 is 2.55 bits per heavy atom. The SMILES string of the molecule is COc1ncccc1-c1ccc(C(F)(F)F)cc1CO. The summed E-state index contributed by atoms with van der Waals surface area (Å²) in [6, 6.07) is 6.54. The van der Waals surface area contributed by atoms with Gasteiger partial charge in [0.1, 0.15) is 0 Å². The maximum absolute atomic E-state index is 12.7. The monoisotopic (exact) mass is 283 g/mol. The van der Waals surface area contributed by atoms with Crippen LogP contribution in [0.5, 0.6) is 5.88 Å². The standard InChI is InChI=1S/C14H12F3NO2/c1-20-13-12(3-2-6-18-13)11-5-4-10(14(15,16)17)7-9(11)8-19/h2-7,19H,8H2,1H3. The van der Waals surface area contributed by atoms with Crippen molar-refractivity contribution in [2.75, 3.05) is 7.11 Å². The third-order valence-electron chi connectivity index (χ3n) is 2.86. The zero-order valence-corrected chi connectivity index (χ0v) is 10.6. The molecule has 1 aromatic heterocycles. The highest BCUT2D eigenvalue weighted by atomic mass is 19.4. The molecule has 0 aliphatic carbocycles. The van der Waals surface area contributed by atoms with E-state index in [1.165, 1.54) is 19.4 Å². The molecule has 0 fully saturated rings. The summed E-state index contributed by atoms with van der Waals surface area (Å²) in [4.78, 5) is 3.99. The summed E-state index contributed by atoms with van der Waals surface area (Å²) < 4.78 is 43.1. The van der Waals surface area contributed by atoms with Crippen molar-refractivity contribution in [3.05, 3.63) is 47.7 Å². The predicted molar refractivity (Wildman–Crippen MR) is 67.1 cm³/mol. The molecule has 0 aliphatic heterocycles. The molecular weight excluding hydrogens is 271 g/mol. The van der Waals surface area contributed by atoms with Crippen molar-refractivity contribution in [2.45, 2.75) is 12.8 Å². The van der Waals surface area contributed by atoms with Crippen molar-refractivity contribution in [2.24, 2.45) is 0 Å². The molecule has 0 saturated heterocycles. The van der Waals surface area contributed by atoms with Crippen molar-refractivity contribution in [3.8, 4) is 17.0 Å². The molecule has 0 saturated carbocycles. The molecule has 2 rings (SSSR count). The smallest absolute Gasteiger partial charge is 0.416 e. The van der Waals surface area contributed by atoms with E-state index in [0.29, 0.717) is 17.0 Å². The van der Waals surface area contributed by atoms with Crippen molar-refractivity contribution in [1.82, 2.24) is 4.98 Å². The molecule has 0 bridgehead atoms. The normalized spacial score (nSPS) is 11.4. The molecule has 0 radical (unpaired) electrons. The maximum Gasteiger partial charge on any atom is 0.416 e. The molecule has 2 aromatic rings. The Morgan fingerprint density at radius 2 is 1.95 bits per heavy atom. The lowest BCUT2D eigenvalue weighted by Gasteiger charge is -2.14. The number of nitrogens with zero attached hydrogens (tertiary/aromatic N) is 1. The topological polar surface area (TPSA) is 42.4 Å². The van der Waals surface area contributed by atoms with Gasteiger partial charge in [-0.3, -0.25) is 0 Å². The number of benzene rings is 1. The van der Waals surface area contributed by atoms with Gasteiger partial charge in [-0.1, -0.05) is 6.07 Å². The largest absolute Gasteiger partial charge is 0.481 e. The lowest BCUT2D eigenvalue weighted by Crippen LogP contribution is -2.06. The van der Waals surface area contributed by atoms with Crippen LogP contribution in [0.25, 0.3) is 11.1 Å². The quantitative estimate of drug-likeness (QED) is 0.940. The molecule has 0 spiro atoms. The highest BCUT2D eigenvalue weighted by Crippen LogP contribution is 2.35. The minimum Gasteiger partial charge on any atom is -0.481 e. The minimum absolute atomic E-state index is 0.172. The Balaban J connectivity index is 2.58. The number of rotatable bonds is 3. The highest BCUT2D eigenvalue weighted by molar-refractivity contribution is 5.72. The number of alkyl halides is 3. The van der Waals surface area contributed by atoms with Crippen LogP contribution in [-0.2, 0) is 12.8 Å². The number of aromatic nitrogens is 1. The van der Waals surface area contributed by atoms with Crippen LogP contribution in [0.1, 0.15) is 11.1 Å². The third-order valence-corrected chi connectivity index (χ3v) is 2.86. The van der Waals surface area contributed by atoms with Gasteiger partial charge in [-0.15, -0.1) is 0 Å². The van der Waals surface area contributed by atoms with Crippen LogP contribution in [0.15, 0.2) is 36.5 Å². The van der Waals surface area contributed by atoms with Crippen LogP contribution < -0.4 is 4.74 Å². The fourth-order valence-corrected chi connectivity index (χ4v) is 1.92. The van der Waals surface area contributed by atoms with Gasteiger partial charge in [0, 0.05) is 11.8 Å². The number of pyridine rings is 1. The Labute approximate surface area is 113 Å². The average molecular weight is 283 g/mol. The second-order valence-electron chi connectivity index (χ2n) is 4.09. The van der Waals surface area contributed by atoms with Crippen LogP contribution in [0.4, 0.5) is 13.2 Å². The summed E-state index contributed by atoms with van der Waals surface area (Å²) in [7, 11) is 1.43. The second-order valence-corrected chi connectivity index (χ2v) is 4.09. The first-order valence-corrected chi connectivity index (χ1v) is 5.77. The van der Waals surface area contributed by atoms with E-state index in [2.05, 4.69) is 4.98 Å². The number of methoxy groups -OCH3 is 1. The van der Waals surface area contributed by atoms with Crippen molar-refractivity contribution in [1.29, 1.82) is 0 Å². The summed E-state index contributed by atoms with van der Waals surface area (Å²) in [5.74, 6) is 0.293. The van der Waals surface area contributed by atoms with Crippen LogP contribution in [0.2, 0.25) is 0 Å². The molecule has 6 heteroatoms. The zero-order chi connectivity index (χ0) is 14.8. The van der Waals surface area contributed by atoms with Crippen molar-refractivity contribution >= 4 is 0 Å². The Kier molecular flexibility index (Phi) is 3.94. The fraction of sp³-hybridized carbons (Fsp3) is 0.214. The molecule has 0 atom stereocenters. The van der Waals surface area contributed by atoms with Gasteiger partial charge in [0.05, 0.1) is 19.3 Å². The van der Waals surface area contributed by atoms with Crippen molar-refractivity contribution in [3.63, 3.8) is 0 Å². The lowest BCUT2D eigenvalue weighted by molar-refractivity contribution is -0.137. The van der Waals surface area contributed by atoms with E-state index >= 15 is 0 Å². The first kappa shape index (κ1) is 14.3. The van der Waals surface area contributed by atoms with Crippen LogP contribution in [-0.4, -0.2) is 17.2 Å². The summed E-state index contributed by atoms with van der Waals surface area (Å²) in [5, 5.41) is 9.30. The van der Waals surface area contributed by atoms with Crippen molar-refractivity contribution < 1.29 is 23.0 Å². The Bertz CT molecular complexity index is 612. The number of aliphatic hydroxyl groups is 1. The summed E-state index contributed by atoms with van der Waals surface area (Å²) >= 11 is 0. The first-order chi connectivity index (χ1) is 9.47. The number of halogens is 3. The average Bonchev–Trinajstić information content (AvgIpc) is 2.45. The molecule has 0 unspecified atom stereocenters. The number of ether oxygens (including phenoxy) is 1. The first-order valence-electron chi connectivity index (χ1n) is 5.77. The molecule has 1 heterocycles. The van der Waals surface area contributed by atoms with Crippen LogP contribution in [0, 0.1) is 0 Å². The van der Waals surface area contributed by atoms with Gasteiger partial charge in [-0.05, 0) is 35.4 Å².